The van der Waals surface area contributed by atoms with E-state index in [-0.39, 0.29) is 6.10 Å². The molecule has 2 heteroatoms. The average molecular weight is 276 g/mol. The highest BCUT2D eigenvalue weighted by Gasteiger charge is 2.20. The van der Waals surface area contributed by atoms with Crippen LogP contribution in [0, 0.1) is 11.3 Å². The Kier molecular flexibility index (Phi) is 4.32. The second-order valence-corrected chi connectivity index (χ2v) is 7.72. The Hall–Kier alpha value is -0.860. The van der Waals surface area contributed by atoms with Gasteiger partial charge in [0.1, 0.15) is 0 Å². The van der Waals surface area contributed by atoms with E-state index in [0.29, 0.717) is 11.3 Å². The van der Waals surface area contributed by atoms with E-state index in [1.165, 1.54) is 10.1 Å². The minimum Gasteiger partial charge on any atom is -0.388 e. The Labute approximate surface area is 120 Å². The quantitative estimate of drug-likeness (QED) is 0.793. The van der Waals surface area contributed by atoms with Crippen molar-refractivity contribution in [3.05, 3.63) is 35.2 Å². The molecule has 0 aliphatic heterocycles. The van der Waals surface area contributed by atoms with Crippen LogP contribution in [0.5, 0.6) is 0 Å². The Morgan fingerprint density at radius 3 is 2.58 bits per heavy atom. The Bertz CT molecular complexity index is 535. The summed E-state index contributed by atoms with van der Waals surface area (Å²) >= 11 is 1.72. The summed E-state index contributed by atoms with van der Waals surface area (Å²) in [6, 6.07) is 8.33. The van der Waals surface area contributed by atoms with Crippen molar-refractivity contribution in [2.24, 2.45) is 11.3 Å². The van der Waals surface area contributed by atoms with Crippen molar-refractivity contribution in [1.29, 1.82) is 0 Å². The lowest BCUT2D eigenvalue weighted by atomic mass is 9.82. The zero-order chi connectivity index (χ0) is 14.0. The first-order valence-corrected chi connectivity index (χ1v) is 7.89. The molecular formula is C17H24OS. The van der Waals surface area contributed by atoms with Crippen LogP contribution in [0.3, 0.4) is 0 Å². The summed E-state index contributed by atoms with van der Waals surface area (Å²) in [6.07, 6.45) is 1.65. The maximum Gasteiger partial charge on any atom is 0.0806 e. The molecule has 0 bridgehead atoms. The first-order chi connectivity index (χ1) is 8.87. The van der Waals surface area contributed by atoms with E-state index in [0.717, 1.165) is 18.4 Å². The number of benzene rings is 1. The van der Waals surface area contributed by atoms with Gasteiger partial charge in [-0.3, -0.25) is 0 Å². The predicted molar refractivity (Wildman–Crippen MR) is 84.6 cm³/mol. The van der Waals surface area contributed by atoms with Crippen LogP contribution < -0.4 is 0 Å². The molecule has 2 atom stereocenters. The fraction of sp³-hybridized carbons (Fsp3) is 0.529. The standard InChI is InChI=1S/C17H24OS/c1-12(10-17(2,3)4)9-15(18)14-11-19-16-8-6-5-7-13(14)16/h5-8,11-12,15,18H,9-10H2,1-4H3. The van der Waals surface area contributed by atoms with Crippen LogP contribution >= 0.6 is 11.3 Å². The van der Waals surface area contributed by atoms with Crippen LogP contribution in [-0.2, 0) is 0 Å². The molecule has 104 valence electrons. The molecule has 0 saturated carbocycles. The highest BCUT2D eigenvalue weighted by atomic mass is 32.1. The van der Waals surface area contributed by atoms with Gasteiger partial charge < -0.3 is 5.11 Å². The van der Waals surface area contributed by atoms with Crippen molar-refractivity contribution >= 4 is 21.4 Å². The highest BCUT2D eigenvalue weighted by Crippen LogP contribution is 2.35. The number of rotatable bonds is 4. The van der Waals surface area contributed by atoms with Gasteiger partial charge in [0, 0.05) is 4.70 Å². The van der Waals surface area contributed by atoms with Gasteiger partial charge in [-0.2, -0.15) is 0 Å². The SMILES string of the molecule is CC(CC(O)c1csc2ccccc12)CC(C)(C)C. The van der Waals surface area contributed by atoms with E-state index in [4.69, 9.17) is 0 Å². The largest absolute Gasteiger partial charge is 0.388 e. The van der Waals surface area contributed by atoms with Gasteiger partial charge in [0.2, 0.25) is 0 Å². The molecule has 0 aliphatic rings. The summed E-state index contributed by atoms with van der Waals surface area (Å²) in [5, 5.41) is 13.8. The predicted octanol–water partition coefficient (Wildman–Crippen LogP) is 5.40. The number of hydrogen-bond donors (Lipinski definition) is 1. The van der Waals surface area contributed by atoms with Gasteiger partial charge >= 0.3 is 0 Å². The van der Waals surface area contributed by atoms with Gasteiger partial charge in [-0.15, -0.1) is 11.3 Å². The van der Waals surface area contributed by atoms with Crippen LogP contribution in [0.25, 0.3) is 10.1 Å². The molecule has 1 aromatic carbocycles. The summed E-state index contributed by atoms with van der Waals surface area (Å²) in [5.41, 5.74) is 1.43. The van der Waals surface area contributed by atoms with Crippen molar-refractivity contribution in [1.82, 2.24) is 0 Å². The van der Waals surface area contributed by atoms with E-state index < -0.39 is 0 Å². The van der Waals surface area contributed by atoms with Gasteiger partial charge in [0.15, 0.2) is 0 Å². The number of fused-ring (bicyclic) bond motifs is 1. The maximum atomic E-state index is 10.5. The number of aliphatic hydroxyl groups excluding tert-OH is 1. The van der Waals surface area contributed by atoms with Crippen molar-refractivity contribution in [3.63, 3.8) is 0 Å². The normalized spacial score (nSPS) is 15.6. The van der Waals surface area contributed by atoms with E-state index in [1.807, 2.05) is 6.07 Å². The van der Waals surface area contributed by atoms with Gasteiger partial charge in [-0.25, -0.2) is 0 Å². The minimum absolute atomic E-state index is 0.329. The molecule has 1 N–H and O–H groups in total. The van der Waals surface area contributed by atoms with E-state index >= 15 is 0 Å². The summed E-state index contributed by atoms with van der Waals surface area (Å²) in [4.78, 5) is 0. The molecule has 1 heterocycles. The average Bonchev–Trinajstić information content (AvgIpc) is 2.69. The van der Waals surface area contributed by atoms with Crippen molar-refractivity contribution < 1.29 is 5.11 Å². The zero-order valence-corrected chi connectivity index (χ0v) is 13.1. The first kappa shape index (κ1) is 14.5. The molecule has 0 saturated heterocycles. The van der Waals surface area contributed by atoms with Crippen molar-refractivity contribution in [3.8, 4) is 0 Å². The Morgan fingerprint density at radius 1 is 1.21 bits per heavy atom. The second kappa shape index (κ2) is 5.64. The summed E-state index contributed by atoms with van der Waals surface area (Å²) in [5.74, 6) is 0.536. The number of hydrogen-bond acceptors (Lipinski definition) is 2. The van der Waals surface area contributed by atoms with Crippen LogP contribution in [0.4, 0.5) is 0 Å². The molecule has 2 rings (SSSR count). The van der Waals surface area contributed by atoms with E-state index in [9.17, 15) is 5.11 Å². The van der Waals surface area contributed by atoms with Gasteiger partial charge in [0.05, 0.1) is 6.10 Å². The Balaban J connectivity index is 2.10. The van der Waals surface area contributed by atoms with Gasteiger partial charge in [0.25, 0.3) is 0 Å². The lowest BCUT2D eigenvalue weighted by Crippen LogP contribution is -2.13. The summed E-state index contributed by atoms with van der Waals surface area (Å²) in [7, 11) is 0. The van der Waals surface area contributed by atoms with Crippen LogP contribution in [0.1, 0.15) is 52.2 Å². The van der Waals surface area contributed by atoms with E-state index in [1.54, 1.807) is 11.3 Å². The molecule has 0 fully saturated rings. The summed E-state index contributed by atoms with van der Waals surface area (Å²) < 4.78 is 1.26. The lowest BCUT2D eigenvalue weighted by Gasteiger charge is -2.24. The lowest BCUT2D eigenvalue weighted by molar-refractivity contribution is 0.135. The highest BCUT2D eigenvalue weighted by molar-refractivity contribution is 7.17. The van der Waals surface area contributed by atoms with Gasteiger partial charge in [-0.1, -0.05) is 45.9 Å². The molecule has 19 heavy (non-hydrogen) atoms. The third-order valence-corrected chi connectivity index (χ3v) is 4.44. The first-order valence-electron chi connectivity index (χ1n) is 7.01. The minimum atomic E-state index is -0.339. The third kappa shape index (κ3) is 3.80. The molecule has 1 nitrogen and oxygen atoms in total. The van der Waals surface area contributed by atoms with E-state index in [2.05, 4.69) is 51.3 Å². The topological polar surface area (TPSA) is 20.2 Å². The molecule has 1 aromatic heterocycles. The fourth-order valence-electron chi connectivity index (χ4n) is 2.89. The molecule has 2 aromatic rings. The molecule has 0 aliphatic carbocycles. The fourth-order valence-corrected chi connectivity index (χ4v) is 3.90. The molecule has 2 unspecified atom stereocenters. The number of thiophene rings is 1. The zero-order valence-electron chi connectivity index (χ0n) is 12.3. The Morgan fingerprint density at radius 2 is 1.89 bits per heavy atom. The molecule has 0 amide bonds. The monoisotopic (exact) mass is 276 g/mol. The molecule has 0 radical (unpaired) electrons. The van der Waals surface area contributed by atoms with Crippen LogP contribution in [-0.4, -0.2) is 5.11 Å². The van der Waals surface area contributed by atoms with Crippen LogP contribution in [0.2, 0.25) is 0 Å². The van der Waals surface area contributed by atoms with Crippen molar-refractivity contribution in [2.45, 2.75) is 46.6 Å². The van der Waals surface area contributed by atoms with Crippen LogP contribution in [0.15, 0.2) is 29.6 Å². The smallest absolute Gasteiger partial charge is 0.0806 e. The van der Waals surface area contributed by atoms with Crippen molar-refractivity contribution in [2.75, 3.05) is 0 Å². The maximum absolute atomic E-state index is 10.5. The molecule has 0 spiro atoms. The number of aliphatic hydroxyl groups is 1. The van der Waals surface area contributed by atoms with Gasteiger partial charge in [-0.05, 0) is 46.6 Å². The third-order valence-electron chi connectivity index (χ3n) is 3.46. The second-order valence-electron chi connectivity index (χ2n) is 6.81. The summed E-state index contributed by atoms with van der Waals surface area (Å²) in [6.45, 7) is 9.02. The molecular weight excluding hydrogens is 252 g/mol.